The van der Waals surface area contributed by atoms with E-state index in [2.05, 4.69) is 20.4 Å². The Kier molecular flexibility index (Phi) is 4.44. The van der Waals surface area contributed by atoms with Crippen molar-refractivity contribution in [2.75, 3.05) is 0 Å². The van der Waals surface area contributed by atoms with Crippen LogP contribution in [0.1, 0.15) is 21.8 Å². The molecule has 0 aliphatic rings. The van der Waals surface area contributed by atoms with E-state index in [1.807, 2.05) is 31.2 Å². The maximum atomic E-state index is 12.2. The monoisotopic (exact) mass is 362 g/mol. The third kappa shape index (κ3) is 3.74. The van der Waals surface area contributed by atoms with Gasteiger partial charge in [-0.05, 0) is 43.3 Å². The normalized spacial score (nSPS) is 10.7. The first-order chi connectivity index (χ1) is 13.2. The molecule has 0 saturated carbocycles. The van der Waals surface area contributed by atoms with Crippen molar-refractivity contribution in [3.05, 3.63) is 71.9 Å². The van der Waals surface area contributed by atoms with Gasteiger partial charge in [-0.1, -0.05) is 17.7 Å². The van der Waals surface area contributed by atoms with Crippen LogP contribution in [0.2, 0.25) is 0 Å². The first-order valence-electron chi connectivity index (χ1n) is 8.12. The lowest BCUT2D eigenvalue weighted by Gasteiger charge is -2.02. The van der Waals surface area contributed by atoms with E-state index < -0.39 is 5.97 Å². The van der Waals surface area contributed by atoms with Crippen LogP contribution in [-0.4, -0.2) is 26.4 Å². The van der Waals surface area contributed by atoms with Gasteiger partial charge in [-0.3, -0.25) is 0 Å². The number of hydrogen-bond acceptors (Lipinski definition) is 8. The second kappa shape index (κ2) is 7.20. The van der Waals surface area contributed by atoms with Crippen LogP contribution in [0.5, 0.6) is 0 Å². The third-order valence-corrected chi connectivity index (χ3v) is 3.79. The van der Waals surface area contributed by atoms with Gasteiger partial charge in [0.25, 0.3) is 5.89 Å². The summed E-state index contributed by atoms with van der Waals surface area (Å²) in [6.45, 7) is 1.87. The van der Waals surface area contributed by atoms with Gasteiger partial charge in [0.05, 0.1) is 5.56 Å². The Balaban J connectivity index is 1.39. The average molecular weight is 362 g/mol. The smallest absolute Gasteiger partial charge is 0.338 e. The van der Waals surface area contributed by atoms with Gasteiger partial charge in [0.2, 0.25) is 18.2 Å². The summed E-state index contributed by atoms with van der Waals surface area (Å²) in [5.41, 5.74) is 3.00. The van der Waals surface area contributed by atoms with E-state index in [1.165, 1.54) is 6.39 Å². The fourth-order valence-corrected chi connectivity index (χ4v) is 2.47. The summed E-state index contributed by atoms with van der Waals surface area (Å²) >= 11 is 0. The Morgan fingerprint density at radius 3 is 2.59 bits per heavy atom. The highest BCUT2D eigenvalue weighted by molar-refractivity contribution is 5.89. The van der Waals surface area contributed by atoms with Crippen molar-refractivity contribution in [2.24, 2.45) is 0 Å². The van der Waals surface area contributed by atoms with Crippen LogP contribution < -0.4 is 0 Å². The van der Waals surface area contributed by atoms with Gasteiger partial charge in [0.1, 0.15) is 0 Å². The molecule has 0 spiro atoms. The summed E-state index contributed by atoms with van der Waals surface area (Å²) in [6, 6.07) is 14.3. The minimum Gasteiger partial charge on any atom is -0.452 e. The molecule has 0 saturated heterocycles. The highest BCUT2D eigenvalue weighted by Crippen LogP contribution is 2.20. The number of hydrogen-bond donors (Lipinski definition) is 0. The molecule has 0 amide bonds. The number of aromatic nitrogens is 4. The van der Waals surface area contributed by atoms with Crippen LogP contribution in [0.3, 0.4) is 0 Å². The summed E-state index contributed by atoms with van der Waals surface area (Å²) in [5, 5.41) is 15.3. The number of esters is 1. The molecule has 2 heterocycles. The summed E-state index contributed by atoms with van der Waals surface area (Å²) in [5.74, 6) is 0.489. The minimum atomic E-state index is -0.498. The zero-order chi connectivity index (χ0) is 18.6. The molecule has 4 aromatic rings. The maximum Gasteiger partial charge on any atom is 0.338 e. The zero-order valence-corrected chi connectivity index (χ0v) is 14.3. The van der Waals surface area contributed by atoms with Gasteiger partial charge in [-0.15, -0.1) is 20.4 Å². The summed E-state index contributed by atoms with van der Waals surface area (Å²) in [7, 11) is 0. The van der Waals surface area contributed by atoms with Gasteiger partial charge >= 0.3 is 5.97 Å². The molecule has 0 atom stereocenters. The van der Waals surface area contributed by atoms with E-state index in [0.29, 0.717) is 22.9 Å². The Morgan fingerprint density at radius 2 is 1.85 bits per heavy atom. The van der Waals surface area contributed by atoms with Gasteiger partial charge in [0, 0.05) is 11.1 Å². The molecule has 2 aromatic carbocycles. The van der Waals surface area contributed by atoms with E-state index in [4.69, 9.17) is 13.6 Å². The van der Waals surface area contributed by atoms with Crippen LogP contribution >= 0.6 is 0 Å². The van der Waals surface area contributed by atoms with Gasteiger partial charge < -0.3 is 13.6 Å². The molecule has 0 aliphatic heterocycles. The number of nitrogens with zero attached hydrogens (tertiary/aromatic N) is 4. The lowest BCUT2D eigenvalue weighted by molar-refractivity contribution is 0.0438. The molecule has 0 aliphatic carbocycles. The highest BCUT2D eigenvalue weighted by atomic mass is 16.5. The molecule has 2 aromatic heterocycles. The lowest BCUT2D eigenvalue weighted by Crippen LogP contribution is -2.05. The van der Waals surface area contributed by atoms with Crippen molar-refractivity contribution < 1.29 is 18.4 Å². The molecule has 0 radical (unpaired) electrons. The molecule has 8 heteroatoms. The zero-order valence-electron chi connectivity index (χ0n) is 14.3. The number of carbonyl (C=O) groups is 1. The molecule has 8 nitrogen and oxygen atoms in total. The van der Waals surface area contributed by atoms with Crippen LogP contribution in [0.15, 0.2) is 63.8 Å². The second-order valence-electron chi connectivity index (χ2n) is 5.77. The van der Waals surface area contributed by atoms with Crippen molar-refractivity contribution in [1.82, 2.24) is 20.4 Å². The largest absolute Gasteiger partial charge is 0.452 e. The quantitative estimate of drug-likeness (QED) is 0.497. The first kappa shape index (κ1) is 16.6. The van der Waals surface area contributed by atoms with Crippen LogP contribution in [0.25, 0.3) is 22.9 Å². The molecule has 27 heavy (non-hydrogen) atoms. The fourth-order valence-electron chi connectivity index (χ4n) is 2.47. The van der Waals surface area contributed by atoms with Crippen LogP contribution in [0.4, 0.5) is 0 Å². The van der Waals surface area contributed by atoms with E-state index in [1.54, 1.807) is 24.3 Å². The van der Waals surface area contributed by atoms with Crippen molar-refractivity contribution in [3.8, 4) is 22.9 Å². The Morgan fingerprint density at radius 1 is 1.00 bits per heavy atom. The lowest BCUT2D eigenvalue weighted by atomic mass is 10.1. The van der Waals surface area contributed by atoms with Crippen molar-refractivity contribution in [1.29, 1.82) is 0 Å². The van der Waals surface area contributed by atoms with E-state index in [9.17, 15) is 4.79 Å². The predicted octanol–water partition coefficient (Wildman–Crippen LogP) is 3.45. The number of rotatable bonds is 5. The number of ether oxygens (including phenoxy) is 1. The Bertz CT molecular complexity index is 1060. The SMILES string of the molecule is Cc1cccc(-c2nnc(COC(=O)c3ccc(-c4nnco4)cc3)o2)c1. The van der Waals surface area contributed by atoms with Gasteiger partial charge in [0.15, 0.2) is 6.61 Å². The number of benzene rings is 2. The minimum absolute atomic E-state index is 0.108. The van der Waals surface area contributed by atoms with Crippen molar-refractivity contribution >= 4 is 5.97 Å². The second-order valence-corrected chi connectivity index (χ2v) is 5.77. The van der Waals surface area contributed by atoms with Crippen molar-refractivity contribution in [3.63, 3.8) is 0 Å². The van der Waals surface area contributed by atoms with E-state index in [-0.39, 0.29) is 12.5 Å². The molecule has 0 bridgehead atoms. The molecule has 0 N–H and O–H groups in total. The molecule has 134 valence electrons. The van der Waals surface area contributed by atoms with Crippen LogP contribution in [-0.2, 0) is 11.3 Å². The Labute approximate surface area is 153 Å². The Hall–Kier alpha value is -3.81. The van der Waals surface area contributed by atoms with Gasteiger partial charge in [-0.2, -0.15) is 0 Å². The van der Waals surface area contributed by atoms with E-state index >= 15 is 0 Å². The van der Waals surface area contributed by atoms with Crippen LogP contribution in [0, 0.1) is 6.92 Å². The third-order valence-electron chi connectivity index (χ3n) is 3.79. The summed E-state index contributed by atoms with van der Waals surface area (Å²) in [4.78, 5) is 12.2. The first-order valence-corrected chi connectivity index (χ1v) is 8.12. The fraction of sp³-hybridized carbons (Fsp3) is 0.105. The predicted molar refractivity (Wildman–Crippen MR) is 93.3 cm³/mol. The number of aryl methyl sites for hydroxylation is 1. The molecular formula is C19H14N4O4. The molecular weight excluding hydrogens is 348 g/mol. The average Bonchev–Trinajstić information content (AvgIpc) is 3.38. The number of carbonyl (C=O) groups excluding carboxylic acids is 1. The molecule has 4 rings (SSSR count). The maximum absolute atomic E-state index is 12.2. The molecule has 0 fully saturated rings. The molecule has 0 unspecified atom stereocenters. The highest BCUT2D eigenvalue weighted by Gasteiger charge is 2.13. The van der Waals surface area contributed by atoms with E-state index in [0.717, 1.165) is 11.1 Å². The van der Waals surface area contributed by atoms with Crippen molar-refractivity contribution in [2.45, 2.75) is 13.5 Å². The summed E-state index contributed by atoms with van der Waals surface area (Å²) < 4.78 is 15.9. The van der Waals surface area contributed by atoms with Gasteiger partial charge in [-0.25, -0.2) is 4.79 Å². The summed E-state index contributed by atoms with van der Waals surface area (Å²) in [6.07, 6.45) is 1.24. The standard InChI is InChI=1S/C19H14N4O4/c1-12-3-2-4-15(9-12)18-23-21-16(27-18)10-25-19(24)14-7-5-13(6-8-14)17-22-20-11-26-17/h2-9,11H,10H2,1H3. The topological polar surface area (TPSA) is 104 Å².